The summed E-state index contributed by atoms with van der Waals surface area (Å²) < 4.78 is 29.4. The Kier molecular flexibility index (Phi) is 3.80. The van der Waals surface area contributed by atoms with Crippen LogP contribution in [0.5, 0.6) is 0 Å². The van der Waals surface area contributed by atoms with Crippen LogP contribution in [0.1, 0.15) is 11.3 Å². The standard InChI is InChI=1S/C20H15F2N3O2/c1-11-4-3-5-14(8-11)25-20(27)19-12(2)24(18(26)10-17(19)23-25)13-6-7-15(21)16(22)9-13/h3-10,23H,1-2H3. The van der Waals surface area contributed by atoms with Crippen molar-refractivity contribution in [2.75, 3.05) is 0 Å². The first kappa shape index (κ1) is 17.0. The van der Waals surface area contributed by atoms with Crippen molar-refractivity contribution in [3.63, 3.8) is 0 Å². The van der Waals surface area contributed by atoms with Crippen molar-refractivity contribution in [1.82, 2.24) is 14.3 Å². The lowest BCUT2D eigenvalue weighted by molar-refractivity contribution is 0.508. The summed E-state index contributed by atoms with van der Waals surface area (Å²) >= 11 is 0. The van der Waals surface area contributed by atoms with Gasteiger partial charge in [0.2, 0.25) is 0 Å². The van der Waals surface area contributed by atoms with Crippen LogP contribution in [0.4, 0.5) is 8.78 Å². The van der Waals surface area contributed by atoms with E-state index in [4.69, 9.17) is 0 Å². The minimum atomic E-state index is -1.06. The smallest absolute Gasteiger partial charge is 0.280 e. The Labute approximate surface area is 152 Å². The molecule has 0 aliphatic rings. The number of aryl methyl sites for hydroxylation is 2. The van der Waals surface area contributed by atoms with Gasteiger partial charge in [-0.2, -0.15) is 0 Å². The van der Waals surface area contributed by atoms with Crippen molar-refractivity contribution < 1.29 is 8.78 Å². The largest absolute Gasteiger partial charge is 0.290 e. The van der Waals surface area contributed by atoms with Gasteiger partial charge in [0.15, 0.2) is 11.6 Å². The molecule has 0 aliphatic carbocycles. The average Bonchev–Trinajstić information content (AvgIpc) is 2.94. The number of benzene rings is 2. The van der Waals surface area contributed by atoms with E-state index in [1.54, 1.807) is 13.0 Å². The molecule has 4 rings (SSSR count). The third-order valence-electron chi connectivity index (χ3n) is 4.53. The highest BCUT2D eigenvalue weighted by molar-refractivity contribution is 5.81. The number of H-pyrrole nitrogens is 1. The van der Waals surface area contributed by atoms with Crippen molar-refractivity contribution in [1.29, 1.82) is 0 Å². The molecule has 4 aromatic rings. The second-order valence-corrected chi connectivity index (χ2v) is 6.38. The highest BCUT2D eigenvalue weighted by Gasteiger charge is 2.17. The molecule has 136 valence electrons. The van der Waals surface area contributed by atoms with Crippen molar-refractivity contribution >= 4 is 10.9 Å². The van der Waals surface area contributed by atoms with Crippen LogP contribution in [0.3, 0.4) is 0 Å². The van der Waals surface area contributed by atoms with E-state index < -0.39 is 17.2 Å². The van der Waals surface area contributed by atoms with E-state index in [-0.39, 0.29) is 11.2 Å². The normalized spacial score (nSPS) is 11.3. The fourth-order valence-corrected chi connectivity index (χ4v) is 3.27. The highest BCUT2D eigenvalue weighted by atomic mass is 19.2. The Morgan fingerprint density at radius 2 is 1.67 bits per heavy atom. The third-order valence-corrected chi connectivity index (χ3v) is 4.53. The van der Waals surface area contributed by atoms with Gasteiger partial charge in [-0.25, -0.2) is 13.5 Å². The number of hydrogen-bond acceptors (Lipinski definition) is 2. The molecule has 5 nitrogen and oxygen atoms in total. The van der Waals surface area contributed by atoms with Gasteiger partial charge in [0, 0.05) is 17.8 Å². The van der Waals surface area contributed by atoms with Crippen LogP contribution in [0, 0.1) is 25.5 Å². The molecule has 0 saturated carbocycles. The summed E-state index contributed by atoms with van der Waals surface area (Å²) in [5.41, 5.74) is 1.71. The number of nitrogens with zero attached hydrogens (tertiary/aromatic N) is 2. The number of rotatable bonds is 2. The van der Waals surface area contributed by atoms with E-state index in [1.165, 1.54) is 21.4 Å². The van der Waals surface area contributed by atoms with E-state index in [2.05, 4.69) is 5.10 Å². The molecular weight excluding hydrogens is 352 g/mol. The van der Waals surface area contributed by atoms with Gasteiger partial charge in [0.25, 0.3) is 11.1 Å². The van der Waals surface area contributed by atoms with Crippen molar-refractivity contribution in [2.45, 2.75) is 13.8 Å². The molecule has 2 heterocycles. The van der Waals surface area contributed by atoms with E-state index in [0.717, 1.165) is 17.7 Å². The lowest BCUT2D eigenvalue weighted by Crippen LogP contribution is -2.22. The predicted octanol–water partition coefficient (Wildman–Crippen LogP) is 3.36. The summed E-state index contributed by atoms with van der Waals surface area (Å²) in [5.74, 6) is -2.07. The number of fused-ring (bicyclic) bond motifs is 1. The van der Waals surface area contributed by atoms with Gasteiger partial charge in [-0.15, -0.1) is 0 Å². The topological polar surface area (TPSA) is 59.8 Å². The van der Waals surface area contributed by atoms with Crippen molar-refractivity contribution in [3.05, 3.63) is 92.1 Å². The molecule has 7 heteroatoms. The molecule has 0 atom stereocenters. The second kappa shape index (κ2) is 6.05. The lowest BCUT2D eigenvalue weighted by Gasteiger charge is -2.10. The predicted molar refractivity (Wildman–Crippen MR) is 98.9 cm³/mol. The molecule has 0 unspecified atom stereocenters. The van der Waals surface area contributed by atoms with Crippen LogP contribution in [0.25, 0.3) is 22.3 Å². The summed E-state index contributed by atoms with van der Waals surface area (Å²) in [4.78, 5) is 25.5. The molecule has 27 heavy (non-hydrogen) atoms. The minimum Gasteiger partial charge on any atom is -0.290 e. The van der Waals surface area contributed by atoms with Crippen molar-refractivity contribution in [2.24, 2.45) is 0 Å². The van der Waals surface area contributed by atoms with Gasteiger partial charge >= 0.3 is 0 Å². The summed E-state index contributed by atoms with van der Waals surface area (Å²) in [6.07, 6.45) is 0. The van der Waals surface area contributed by atoms with E-state index >= 15 is 0 Å². The molecule has 0 amide bonds. The van der Waals surface area contributed by atoms with E-state index in [0.29, 0.717) is 22.3 Å². The Morgan fingerprint density at radius 1 is 0.889 bits per heavy atom. The number of nitrogens with one attached hydrogen (secondary N) is 1. The van der Waals surface area contributed by atoms with Crippen LogP contribution < -0.4 is 11.1 Å². The zero-order chi connectivity index (χ0) is 19.3. The second-order valence-electron chi connectivity index (χ2n) is 6.38. The Bertz CT molecular complexity index is 1320. The fraction of sp³-hybridized carbons (Fsp3) is 0.100. The maximum atomic E-state index is 13.6. The zero-order valence-corrected chi connectivity index (χ0v) is 14.6. The van der Waals surface area contributed by atoms with E-state index in [1.807, 2.05) is 25.1 Å². The highest BCUT2D eigenvalue weighted by Crippen LogP contribution is 2.18. The lowest BCUT2D eigenvalue weighted by atomic mass is 10.2. The van der Waals surface area contributed by atoms with Crippen LogP contribution in [0.2, 0.25) is 0 Å². The van der Waals surface area contributed by atoms with Gasteiger partial charge in [-0.3, -0.25) is 19.3 Å². The number of halogens is 2. The number of hydrogen-bond donors (Lipinski definition) is 1. The fourth-order valence-electron chi connectivity index (χ4n) is 3.27. The molecule has 0 bridgehead atoms. The molecule has 0 fully saturated rings. The quantitative estimate of drug-likeness (QED) is 0.591. The molecule has 0 spiro atoms. The summed E-state index contributed by atoms with van der Waals surface area (Å²) in [6.45, 7) is 3.51. The summed E-state index contributed by atoms with van der Waals surface area (Å²) in [7, 11) is 0. The van der Waals surface area contributed by atoms with E-state index in [9.17, 15) is 18.4 Å². The maximum Gasteiger partial charge on any atom is 0.280 e. The van der Waals surface area contributed by atoms with Crippen LogP contribution in [-0.2, 0) is 0 Å². The van der Waals surface area contributed by atoms with Crippen LogP contribution in [-0.4, -0.2) is 14.3 Å². The molecule has 2 aromatic heterocycles. The van der Waals surface area contributed by atoms with Crippen molar-refractivity contribution in [3.8, 4) is 11.4 Å². The van der Waals surface area contributed by atoms with Gasteiger partial charge in [-0.05, 0) is 43.7 Å². The van der Waals surface area contributed by atoms with Gasteiger partial charge < -0.3 is 0 Å². The molecular formula is C20H15F2N3O2. The summed E-state index contributed by atoms with van der Waals surface area (Å²) in [6, 6.07) is 11.8. The molecule has 0 aliphatic heterocycles. The maximum absolute atomic E-state index is 13.6. The van der Waals surface area contributed by atoms with Crippen LogP contribution in [0.15, 0.2) is 58.1 Å². The minimum absolute atomic E-state index is 0.154. The number of aromatic nitrogens is 3. The Morgan fingerprint density at radius 3 is 2.37 bits per heavy atom. The molecule has 0 radical (unpaired) electrons. The number of pyridine rings is 1. The Hall–Kier alpha value is -3.48. The molecule has 0 saturated heterocycles. The third kappa shape index (κ3) is 2.68. The SMILES string of the molecule is Cc1cccc(-n2[nH]c3cc(=O)n(-c4ccc(F)c(F)c4)c(C)c3c2=O)c1. The first-order valence-electron chi connectivity index (χ1n) is 8.26. The zero-order valence-electron chi connectivity index (χ0n) is 14.6. The summed E-state index contributed by atoms with van der Waals surface area (Å²) in [5, 5.41) is 3.25. The monoisotopic (exact) mass is 367 g/mol. The molecule has 1 N–H and O–H groups in total. The number of aromatic amines is 1. The van der Waals surface area contributed by atoms with Gasteiger partial charge in [0.05, 0.1) is 22.3 Å². The average molecular weight is 367 g/mol. The van der Waals surface area contributed by atoms with Crippen LogP contribution >= 0.6 is 0 Å². The first-order valence-corrected chi connectivity index (χ1v) is 8.26. The first-order chi connectivity index (χ1) is 12.9. The van der Waals surface area contributed by atoms with Gasteiger partial charge in [0.1, 0.15) is 0 Å². The Balaban J connectivity index is 2.02. The molecule has 2 aromatic carbocycles. The van der Waals surface area contributed by atoms with Gasteiger partial charge in [-0.1, -0.05) is 12.1 Å².